The maximum absolute atomic E-state index is 12.6. The molecular weight excluding hydrogens is 245 g/mol. The van der Waals surface area contributed by atoms with Crippen LogP contribution in [0.1, 0.15) is 18.7 Å². The van der Waals surface area contributed by atoms with Crippen LogP contribution >= 0.6 is 0 Å². The van der Waals surface area contributed by atoms with Crippen LogP contribution in [0.4, 0.5) is 4.39 Å². The molecule has 0 fully saturated rings. The summed E-state index contributed by atoms with van der Waals surface area (Å²) in [5.74, 6) is -0.375. The number of hydrogen-bond acceptors (Lipinski definition) is 4. The van der Waals surface area contributed by atoms with Crippen LogP contribution in [0, 0.1) is 5.82 Å². The first-order valence-corrected chi connectivity index (χ1v) is 7.07. The number of hydrogen-bond donors (Lipinski definition) is 2. The lowest BCUT2D eigenvalue weighted by molar-refractivity contribution is 0.545. The quantitative estimate of drug-likeness (QED) is 0.728. The molecule has 5 nitrogen and oxygen atoms in total. The van der Waals surface area contributed by atoms with Gasteiger partial charge in [-0.2, -0.15) is 0 Å². The summed E-state index contributed by atoms with van der Waals surface area (Å²) in [5.41, 5.74) is 0.714. The zero-order valence-corrected chi connectivity index (χ0v) is 10.6. The molecule has 0 radical (unpaired) electrons. The topological polar surface area (TPSA) is 71.1 Å². The van der Waals surface area contributed by atoms with E-state index < -0.39 is 10.0 Å². The Morgan fingerprint density at radius 1 is 1.41 bits per heavy atom. The number of sulfonamides is 1. The number of pyridine rings is 1. The van der Waals surface area contributed by atoms with Crippen LogP contribution in [-0.2, 0) is 10.0 Å². The van der Waals surface area contributed by atoms with Gasteiger partial charge in [0.25, 0.3) is 0 Å². The molecule has 0 saturated carbocycles. The van der Waals surface area contributed by atoms with Crippen molar-refractivity contribution in [2.45, 2.75) is 13.0 Å². The maximum atomic E-state index is 12.6. The summed E-state index contributed by atoms with van der Waals surface area (Å²) in [7, 11) is -3.15. The summed E-state index contributed by atoms with van der Waals surface area (Å²) in [4.78, 5) is 3.93. The minimum absolute atomic E-state index is 0.0584. The first-order valence-electron chi connectivity index (χ1n) is 5.18. The third-order valence-electron chi connectivity index (χ3n) is 2.13. The zero-order chi connectivity index (χ0) is 12.9. The second kappa shape index (κ2) is 6.04. The van der Waals surface area contributed by atoms with Crippen molar-refractivity contribution in [2.24, 2.45) is 0 Å². The minimum atomic E-state index is -3.15. The van der Waals surface area contributed by atoms with Gasteiger partial charge in [0.1, 0.15) is 5.82 Å². The highest BCUT2D eigenvalue weighted by molar-refractivity contribution is 7.88. The third kappa shape index (κ3) is 5.71. The van der Waals surface area contributed by atoms with Crippen LogP contribution in [0.2, 0.25) is 0 Å². The Bertz CT molecular complexity index is 447. The Morgan fingerprint density at radius 3 is 2.65 bits per heavy atom. The first-order chi connectivity index (χ1) is 7.88. The molecule has 2 N–H and O–H groups in total. The van der Waals surface area contributed by atoms with Crippen LogP contribution in [0.15, 0.2) is 18.3 Å². The fraction of sp³-hybridized carbons (Fsp3) is 0.500. The Labute approximate surface area is 101 Å². The third-order valence-corrected chi connectivity index (χ3v) is 2.86. The molecule has 1 aromatic rings. The molecule has 96 valence electrons. The van der Waals surface area contributed by atoms with Gasteiger partial charge in [0.2, 0.25) is 10.0 Å². The summed E-state index contributed by atoms with van der Waals surface area (Å²) in [6.07, 6.45) is 2.26. The Balaban J connectivity index is 2.35. The van der Waals surface area contributed by atoms with E-state index in [4.69, 9.17) is 0 Å². The van der Waals surface area contributed by atoms with Crippen LogP contribution in [0.25, 0.3) is 0 Å². The standard InChI is InChI=1S/C10H16FN3O2S/c1-8(10-4-3-9(11)7-13-10)12-5-6-14-17(2,15)16/h3-4,7-8,12,14H,5-6H2,1-2H3. The molecule has 7 heteroatoms. The number of nitrogens with zero attached hydrogens (tertiary/aromatic N) is 1. The van der Waals surface area contributed by atoms with E-state index in [1.54, 1.807) is 6.07 Å². The van der Waals surface area contributed by atoms with Gasteiger partial charge in [-0.1, -0.05) is 0 Å². The molecule has 1 atom stereocenters. The van der Waals surface area contributed by atoms with Crippen LogP contribution in [0.3, 0.4) is 0 Å². The van der Waals surface area contributed by atoms with Crippen LogP contribution < -0.4 is 10.0 Å². The number of aromatic nitrogens is 1. The largest absolute Gasteiger partial charge is 0.308 e. The molecule has 0 amide bonds. The molecule has 0 spiro atoms. The number of halogens is 1. The molecule has 0 aliphatic heterocycles. The molecule has 1 rings (SSSR count). The number of nitrogens with one attached hydrogen (secondary N) is 2. The average Bonchev–Trinajstić information content (AvgIpc) is 2.24. The molecule has 0 saturated heterocycles. The monoisotopic (exact) mass is 261 g/mol. The highest BCUT2D eigenvalue weighted by atomic mass is 32.2. The van der Waals surface area contributed by atoms with Crippen molar-refractivity contribution in [3.8, 4) is 0 Å². The van der Waals surface area contributed by atoms with Crippen molar-refractivity contribution >= 4 is 10.0 Å². The van der Waals surface area contributed by atoms with E-state index in [1.165, 1.54) is 6.07 Å². The van der Waals surface area contributed by atoms with Crippen LogP contribution in [0.5, 0.6) is 0 Å². The van der Waals surface area contributed by atoms with E-state index >= 15 is 0 Å². The van der Waals surface area contributed by atoms with Gasteiger partial charge in [-0.15, -0.1) is 0 Å². The maximum Gasteiger partial charge on any atom is 0.208 e. The molecular formula is C10H16FN3O2S. The van der Waals surface area contributed by atoms with Crippen molar-refractivity contribution in [1.29, 1.82) is 0 Å². The second-order valence-electron chi connectivity index (χ2n) is 3.74. The molecule has 1 aromatic heterocycles. The van der Waals surface area contributed by atoms with Crippen molar-refractivity contribution in [3.63, 3.8) is 0 Å². The summed E-state index contributed by atoms with van der Waals surface area (Å²) >= 11 is 0. The normalized spacial score (nSPS) is 13.6. The lowest BCUT2D eigenvalue weighted by Gasteiger charge is -2.13. The van der Waals surface area contributed by atoms with Gasteiger partial charge in [-0.25, -0.2) is 17.5 Å². The van der Waals surface area contributed by atoms with Gasteiger partial charge >= 0.3 is 0 Å². The van der Waals surface area contributed by atoms with Crippen molar-refractivity contribution < 1.29 is 12.8 Å². The second-order valence-corrected chi connectivity index (χ2v) is 5.58. The summed E-state index contributed by atoms with van der Waals surface area (Å²) in [6, 6.07) is 2.88. The molecule has 0 aliphatic rings. The van der Waals surface area contributed by atoms with Gasteiger partial charge in [-0.05, 0) is 19.1 Å². The molecule has 0 bridgehead atoms. The van der Waals surface area contributed by atoms with Gasteiger partial charge in [-0.3, -0.25) is 4.98 Å². The molecule has 1 heterocycles. The minimum Gasteiger partial charge on any atom is -0.308 e. The average molecular weight is 261 g/mol. The molecule has 0 aliphatic carbocycles. The molecule has 0 aromatic carbocycles. The summed E-state index contributed by atoms with van der Waals surface area (Å²) < 4.78 is 36.6. The Kier molecular flexibility index (Phi) is 4.98. The van der Waals surface area contributed by atoms with Crippen molar-refractivity contribution in [2.75, 3.05) is 19.3 Å². The molecule has 1 unspecified atom stereocenters. The first kappa shape index (κ1) is 14.0. The van der Waals surface area contributed by atoms with E-state index in [2.05, 4.69) is 15.0 Å². The Hall–Kier alpha value is -1.05. The predicted octanol–water partition coefficient (Wildman–Crippen LogP) is 0.421. The highest BCUT2D eigenvalue weighted by Gasteiger charge is 2.06. The Morgan fingerprint density at radius 2 is 2.12 bits per heavy atom. The lowest BCUT2D eigenvalue weighted by Crippen LogP contribution is -2.32. The van der Waals surface area contributed by atoms with E-state index in [1.807, 2.05) is 6.92 Å². The predicted molar refractivity (Wildman–Crippen MR) is 63.5 cm³/mol. The fourth-order valence-corrected chi connectivity index (χ4v) is 1.75. The van der Waals surface area contributed by atoms with Crippen LogP contribution in [-0.4, -0.2) is 32.7 Å². The van der Waals surface area contributed by atoms with E-state index in [0.717, 1.165) is 12.5 Å². The van der Waals surface area contributed by atoms with E-state index in [-0.39, 0.29) is 11.9 Å². The van der Waals surface area contributed by atoms with Gasteiger partial charge < -0.3 is 5.32 Å². The number of rotatable bonds is 6. The van der Waals surface area contributed by atoms with Crippen molar-refractivity contribution in [3.05, 3.63) is 29.8 Å². The lowest BCUT2D eigenvalue weighted by atomic mass is 10.2. The SMILES string of the molecule is CC(NCCNS(C)(=O)=O)c1ccc(F)cn1. The smallest absolute Gasteiger partial charge is 0.208 e. The summed E-state index contributed by atoms with van der Waals surface area (Å²) in [6.45, 7) is 2.67. The van der Waals surface area contributed by atoms with E-state index in [0.29, 0.717) is 18.8 Å². The summed E-state index contributed by atoms with van der Waals surface area (Å²) in [5, 5.41) is 3.08. The van der Waals surface area contributed by atoms with E-state index in [9.17, 15) is 12.8 Å². The highest BCUT2D eigenvalue weighted by Crippen LogP contribution is 2.08. The van der Waals surface area contributed by atoms with Gasteiger partial charge in [0.15, 0.2) is 0 Å². The van der Waals surface area contributed by atoms with Crippen molar-refractivity contribution in [1.82, 2.24) is 15.0 Å². The molecule has 17 heavy (non-hydrogen) atoms. The van der Waals surface area contributed by atoms with Gasteiger partial charge in [0, 0.05) is 19.1 Å². The zero-order valence-electron chi connectivity index (χ0n) is 9.77. The fourth-order valence-electron chi connectivity index (χ4n) is 1.27. The van der Waals surface area contributed by atoms with Gasteiger partial charge in [0.05, 0.1) is 18.1 Å².